The molecule has 0 aliphatic heterocycles. The fourth-order valence-electron chi connectivity index (χ4n) is 1.93. The summed E-state index contributed by atoms with van der Waals surface area (Å²) in [5.74, 6) is -0.380. The van der Waals surface area contributed by atoms with E-state index in [4.69, 9.17) is 5.11 Å². The van der Waals surface area contributed by atoms with Crippen LogP contribution >= 0.6 is 0 Å². The fraction of sp³-hybridized carbons (Fsp3) is 0.222. The molecule has 1 atom stereocenters. The Morgan fingerprint density at radius 3 is 2.17 bits per heavy atom. The lowest BCUT2D eigenvalue weighted by atomic mass is 10.1. The molecule has 2 aromatic rings. The number of hydrogen-bond acceptors (Lipinski definition) is 3. The van der Waals surface area contributed by atoms with E-state index in [0.717, 1.165) is 0 Å². The van der Waals surface area contributed by atoms with Gasteiger partial charge >= 0.3 is 0 Å². The Morgan fingerprint density at radius 1 is 0.957 bits per heavy atom. The average molecular weight is 312 g/mol. The number of amides is 2. The molecule has 2 aromatic carbocycles. The molecule has 23 heavy (non-hydrogen) atoms. The van der Waals surface area contributed by atoms with Gasteiger partial charge in [0.05, 0.1) is 0 Å². The molecule has 0 bridgehead atoms. The summed E-state index contributed by atoms with van der Waals surface area (Å²) in [5, 5.41) is 14.5. The van der Waals surface area contributed by atoms with Crippen LogP contribution in [0.3, 0.4) is 0 Å². The molecule has 0 aromatic heterocycles. The molecule has 5 nitrogen and oxygen atoms in total. The highest BCUT2D eigenvalue weighted by Crippen LogP contribution is 2.11. The van der Waals surface area contributed by atoms with Crippen LogP contribution < -0.4 is 10.6 Å². The second kappa shape index (κ2) is 8.10. The van der Waals surface area contributed by atoms with E-state index in [1.54, 1.807) is 48.5 Å². The highest BCUT2D eigenvalue weighted by Gasteiger charge is 2.09. The van der Waals surface area contributed by atoms with Gasteiger partial charge in [-0.3, -0.25) is 9.59 Å². The van der Waals surface area contributed by atoms with Gasteiger partial charge in [-0.1, -0.05) is 25.1 Å². The summed E-state index contributed by atoms with van der Waals surface area (Å²) < 4.78 is 0. The predicted molar refractivity (Wildman–Crippen MR) is 89.4 cm³/mol. The van der Waals surface area contributed by atoms with Gasteiger partial charge in [-0.15, -0.1) is 0 Å². The van der Waals surface area contributed by atoms with Crippen molar-refractivity contribution in [3.8, 4) is 0 Å². The maximum Gasteiger partial charge on any atom is 0.255 e. The van der Waals surface area contributed by atoms with E-state index in [2.05, 4.69) is 10.6 Å². The van der Waals surface area contributed by atoms with Crippen molar-refractivity contribution in [2.45, 2.75) is 6.92 Å². The molecule has 1 unspecified atom stereocenters. The van der Waals surface area contributed by atoms with Crippen molar-refractivity contribution >= 4 is 17.5 Å². The highest BCUT2D eigenvalue weighted by atomic mass is 16.3. The minimum atomic E-state index is -0.203. The summed E-state index contributed by atoms with van der Waals surface area (Å²) in [5.41, 5.74) is 1.71. The summed E-state index contributed by atoms with van der Waals surface area (Å²) in [6.45, 7) is 2.30. The highest BCUT2D eigenvalue weighted by molar-refractivity contribution is 6.04. The van der Waals surface area contributed by atoms with Crippen LogP contribution in [0.1, 0.15) is 27.6 Å². The zero-order chi connectivity index (χ0) is 16.7. The Bertz CT molecular complexity index is 654. The first kappa shape index (κ1) is 16.7. The molecule has 5 heteroatoms. The number of anilines is 1. The van der Waals surface area contributed by atoms with Crippen molar-refractivity contribution in [2.75, 3.05) is 18.5 Å². The fourth-order valence-corrected chi connectivity index (χ4v) is 1.93. The lowest BCUT2D eigenvalue weighted by molar-refractivity contribution is 0.0941. The van der Waals surface area contributed by atoms with E-state index in [1.807, 2.05) is 13.0 Å². The van der Waals surface area contributed by atoms with Crippen LogP contribution in [0, 0.1) is 5.92 Å². The van der Waals surface area contributed by atoms with E-state index in [0.29, 0.717) is 23.4 Å². The third-order valence-corrected chi connectivity index (χ3v) is 3.36. The molecule has 0 saturated carbocycles. The molecular formula is C18H20N2O3. The van der Waals surface area contributed by atoms with Crippen LogP contribution in [-0.4, -0.2) is 30.1 Å². The Hall–Kier alpha value is -2.66. The van der Waals surface area contributed by atoms with Crippen LogP contribution in [0.2, 0.25) is 0 Å². The minimum Gasteiger partial charge on any atom is -0.396 e. The Balaban J connectivity index is 1.94. The quantitative estimate of drug-likeness (QED) is 0.766. The first-order valence-electron chi connectivity index (χ1n) is 7.45. The number of aliphatic hydroxyl groups is 1. The summed E-state index contributed by atoms with van der Waals surface area (Å²) >= 11 is 0. The Labute approximate surface area is 135 Å². The van der Waals surface area contributed by atoms with Gasteiger partial charge in [0.1, 0.15) is 0 Å². The molecule has 0 saturated heterocycles. The number of aliphatic hydroxyl groups excluding tert-OH is 1. The normalized spacial score (nSPS) is 11.6. The van der Waals surface area contributed by atoms with Crippen molar-refractivity contribution in [2.24, 2.45) is 5.92 Å². The summed E-state index contributed by atoms with van der Waals surface area (Å²) in [4.78, 5) is 24.0. The van der Waals surface area contributed by atoms with Crippen LogP contribution in [-0.2, 0) is 0 Å². The van der Waals surface area contributed by atoms with Gasteiger partial charge in [-0.2, -0.15) is 0 Å². The van der Waals surface area contributed by atoms with Crippen LogP contribution in [0.25, 0.3) is 0 Å². The second-order valence-electron chi connectivity index (χ2n) is 5.40. The molecule has 0 aliphatic rings. The smallest absolute Gasteiger partial charge is 0.255 e. The minimum absolute atomic E-state index is 0.0170. The van der Waals surface area contributed by atoms with Crippen molar-refractivity contribution in [1.29, 1.82) is 0 Å². The molecule has 120 valence electrons. The first-order chi connectivity index (χ1) is 11.1. The molecule has 0 radical (unpaired) electrons. The predicted octanol–water partition coefficient (Wildman–Crippen LogP) is 2.30. The van der Waals surface area contributed by atoms with E-state index >= 15 is 0 Å². The van der Waals surface area contributed by atoms with Gasteiger partial charge in [-0.05, 0) is 42.3 Å². The largest absolute Gasteiger partial charge is 0.396 e. The summed E-state index contributed by atoms with van der Waals surface area (Å²) in [6.07, 6.45) is 0. The van der Waals surface area contributed by atoms with Gasteiger partial charge in [0, 0.05) is 30.0 Å². The number of hydrogen-bond donors (Lipinski definition) is 3. The third kappa shape index (κ3) is 4.93. The molecule has 2 rings (SSSR count). The van der Waals surface area contributed by atoms with Crippen LogP contribution in [0.4, 0.5) is 5.69 Å². The number of rotatable bonds is 6. The number of benzene rings is 2. The Kier molecular flexibility index (Phi) is 5.88. The van der Waals surface area contributed by atoms with Crippen LogP contribution in [0.5, 0.6) is 0 Å². The first-order valence-corrected chi connectivity index (χ1v) is 7.45. The lowest BCUT2D eigenvalue weighted by Gasteiger charge is -2.10. The van der Waals surface area contributed by atoms with Gasteiger partial charge in [0.25, 0.3) is 11.8 Å². The van der Waals surface area contributed by atoms with E-state index < -0.39 is 0 Å². The summed E-state index contributed by atoms with van der Waals surface area (Å²) in [6, 6.07) is 15.6. The third-order valence-electron chi connectivity index (χ3n) is 3.36. The van der Waals surface area contributed by atoms with E-state index in [-0.39, 0.29) is 24.3 Å². The molecule has 0 heterocycles. The van der Waals surface area contributed by atoms with Gasteiger partial charge in [-0.25, -0.2) is 0 Å². The second-order valence-corrected chi connectivity index (χ2v) is 5.40. The van der Waals surface area contributed by atoms with Crippen molar-refractivity contribution in [3.63, 3.8) is 0 Å². The lowest BCUT2D eigenvalue weighted by Crippen LogP contribution is -2.29. The zero-order valence-electron chi connectivity index (χ0n) is 13.0. The van der Waals surface area contributed by atoms with Gasteiger partial charge in [0.2, 0.25) is 0 Å². The molecule has 3 N–H and O–H groups in total. The van der Waals surface area contributed by atoms with Gasteiger partial charge in [0.15, 0.2) is 0 Å². The Morgan fingerprint density at radius 2 is 1.57 bits per heavy atom. The molecular weight excluding hydrogens is 292 g/mol. The maximum absolute atomic E-state index is 12.0. The van der Waals surface area contributed by atoms with Crippen molar-refractivity contribution in [3.05, 3.63) is 65.7 Å². The zero-order valence-corrected chi connectivity index (χ0v) is 13.0. The van der Waals surface area contributed by atoms with Crippen LogP contribution in [0.15, 0.2) is 54.6 Å². The van der Waals surface area contributed by atoms with Gasteiger partial charge < -0.3 is 15.7 Å². The van der Waals surface area contributed by atoms with Crippen molar-refractivity contribution < 1.29 is 14.7 Å². The summed E-state index contributed by atoms with van der Waals surface area (Å²) in [7, 11) is 0. The number of carbonyl (C=O) groups is 2. The molecule has 2 amide bonds. The topological polar surface area (TPSA) is 78.4 Å². The monoisotopic (exact) mass is 312 g/mol. The molecule has 0 fully saturated rings. The number of carbonyl (C=O) groups excluding carboxylic acids is 2. The van der Waals surface area contributed by atoms with E-state index in [1.165, 1.54) is 0 Å². The molecule has 0 spiro atoms. The SMILES string of the molecule is CC(CO)CNC(=O)c1ccc(NC(=O)c2ccccc2)cc1. The molecule has 0 aliphatic carbocycles. The van der Waals surface area contributed by atoms with Crippen molar-refractivity contribution in [1.82, 2.24) is 5.32 Å². The van der Waals surface area contributed by atoms with E-state index in [9.17, 15) is 9.59 Å². The maximum atomic E-state index is 12.0. The number of nitrogens with one attached hydrogen (secondary N) is 2. The average Bonchev–Trinajstić information content (AvgIpc) is 2.60. The standard InChI is InChI=1S/C18H20N2O3/c1-13(12-21)11-19-17(22)15-7-9-16(10-8-15)20-18(23)14-5-3-2-4-6-14/h2-10,13,21H,11-12H2,1H3,(H,19,22)(H,20,23).